The Labute approximate surface area is 159 Å². The number of sulfonamides is 1. The molecule has 1 aliphatic rings. The van der Waals surface area contributed by atoms with Gasteiger partial charge in [-0.25, -0.2) is 13.6 Å². The van der Waals surface area contributed by atoms with Gasteiger partial charge in [-0.2, -0.15) is 0 Å². The van der Waals surface area contributed by atoms with E-state index in [4.69, 9.17) is 10.9 Å². The molecule has 1 fully saturated rings. The summed E-state index contributed by atoms with van der Waals surface area (Å²) in [6, 6.07) is 5.70. The highest BCUT2D eigenvalue weighted by Crippen LogP contribution is 2.19. The van der Waals surface area contributed by atoms with Crippen LogP contribution in [0.5, 0.6) is 0 Å². The monoisotopic (exact) mass is 397 g/mol. The van der Waals surface area contributed by atoms with Crippen LogP contribution in [-0.2, 0) is 19.6 Å². The maximum atomic E-state index is 12.3. The second-order valence-corrected chi connectivity index (χ2v) is 8.46. The number of carbonyl (C=O) groups excluding carboxylic acids is 2. The summed E-state index contributed by atoms with van der Waals surface area (Å²) < 4.78 is 22.6. The van der Waals surface area contributed by atoms with Gasteiger partial charge in [-0.1, -0.05) is 13.8 Å². The van der Waals surface area contributed by atoms with Crippen molar-refractivity contribution in [1.82, 2.24) is 10.2 Å². The number of hydrogen-bond acceptors (Lipinski definition) is 6. The number of anilines is 1. The van der Waals surface area contributed by atoms with Gasteiger partial charge >= 0.3 is 0 Å². The molecule has 0 bridgehead atoms. The molecule has 1 atom stereocenters. The van der Waals surface area contributed by atoms with Gasteiger partial charge in [0.1, 0.15) is 0 Å². The minimum atomic E-state index is -3.71. The summed E-state index contributed by atoms with van der Waals surface area (Å²) in [7, 11) is -3.71. The standard InChI is InChI=1S/C17H27N5O4S/c1-12(2)16(18)17(24)20-11-15(23)22-9-7-21(8-10-22)13-3-5-14(6-4-13)27(19,25)26/h3-6,12,16H,7-11,18H2,1-2H3,(H,20,24)(H2,19,25,26)/t16-/m0/s1. The van der Waals surface area contributed by atoms with E-state index < -0.39 is 16.1 Å². The highest BCUT2D eigenvalue weighted by molar-refractivity contribution is 7.89. The number of rotatable bonds is 6. The van der Waals surface area contributed by atoms with Gasteiger partial charge in [-0.05, 0) is 30.2 Å². The lowest BCUT2D eigenvalue weighted by atomic mass is 10.1. The van der Waals surface area contributed by atoms with Gasteiger partial charge in [0.25, 0.3) is 0 Å². The summed E-state index contributed by atoms with van der Waals surface area (Å²) in [5.74, 6) is -0.472. The highest BCUT2D eigenvalue weighted by Gasteiger charge is 2.23. The molecule has 0 saturated carbocycles. The van der Waals surface area contributed by atoms with Crippen molar-refractivity contribution in [2.45, 2.75) is 24.8 Å². The number of piperazine rings is 1. The summed E-state index contributed by atoms with van der Waals surface area (Å²) in [6.07, 6.45) is 0. The molecule has 2 rings (SSSR count). The van der Waals surface area contributed by atoms with Crippen molar-refractivity contribution >= 4 is 27.5 Å². The maximum absolute atomic E-state index is 12.3. The third kappa shape index (κ3) is 5.65. The van der Waals surface area contributed by atoms with Crippen LogP contribution in [0, 0.1) is 5.92 Å². The molecule has 10 heteroatoms. The molecular weight excluding hydrogens is 370 g/mol. The number of nitrogens with zero attached hydrogens (tertiary/aromatic N) is 2. The fourth-order valence-corrected chi connectivity index (χ4v) is 3.27. The van der Waals surface area contributed by atoms with Crippen LogP contribution in [0.15, 0.2) is 29.2 Å². The molecule has 150 valence electrons. The maximum Gasteiger partial charge on any atom is 0.242 e. The number of benzene rings is 1. The largest absolute Gasteiger partial charge is 0.368 e. The molecule has 1 saturated heterocycles. The van der Waals surface area contributed by atoms with Gasteiger partial charge < -0.3 is 20.9 Å². The van der Waals surface area contributed by atoms with Crippen LogP contribution in [-0.4, -0.2) is 63.9 Å². The molecule has 0 unspecified atom stereocenters. The van der Waals surface area contributed by atoms with Crippen LogP contribution in [0.4, 0.5) is 5.69 Å². The number of nitrogens with one attached hydrogen (secondary N) is 1. The molecular formula is C17H27N5O4S. The van der Waals surface area contributed by atoms with Crippen LogP contribution in [0.1, 0.15) is 13.8 Å². The molecule has 27 heavy (non-hydrogen) atoms. The first-order valence-electron chi connectivity index (χ1n) is 8.78. The van der Waals surface area contributed by atoms with E-state index in [9.17, 15) is 18.0 Å². The molecule has 1 aromatic rings. The second-order valence-electron chi connectivity index (χ2n) is 6.89. The van der Waals surface area contributed by atoms with Crippen molar-refractivity contribution in [3.63, 3.8) is 0 Å². The average Bonchev–Trinajstić information content (AvgIpc) is 2.64. The summed E-state index contributed by atoms with van der Waals surface area (Å²) in [4.78, 5) is 27.9. The fourth-order valence-electron chi connectivity index (χ4n) is 2.76. The van der Waals surface area contributed by atoms with E-state index in [1.165, 1.54) is 12.1 Å². The molecule has 0 radical (unpaired) electrons. The zero-order valence-electron chi connectivity index (χ0n) is 15.6. The summed E-state index contributed by atoms with van der Waals surface area (Å²) in [6.45, 7) is 5.88. The van der Waals surface area contributed by atoms with E-state index in [0.717, 1.165) is 5.69 Å². The van der Waals surface area contributed by atoms with Crippen LogP contribution in [0.3, 0.4) is 0 Å². The average molecular weight is 398 g/mol. The second kappa shape index (κ2) is 8.68. The number of primary sulfonamides is 1. The lowest BCUT2D eigenvalue weighted by molar-refractivity contribution is -0.133. The van der Waals surface area contributed by atoms with E-state index in [0.29, 0.717) is 26.2 Å². The van der Waals surface area contributed by atoms with Gasteiger partial charge in [0.05, 0.1) is 17.5 Å². The Bertz CT molecular complexity index is 771. The van der Waals surface area contributed by atoms with E-state index >= 15 is 0 Å². The van der Waals surface area contributed by atoms with Crippen molar-refractivity contribution < 1.29 is 18.0 Å². The van der Waals surface area contributed by atoms with E-state index in [2.05, 4.69) is 10.2 Å². The molecule has 1 heterocycles. The minimum absolute atomic E-state index is 0.00398. The third-order valence-corrected chi connectivity index (χ3v) is 5.53. The Morgan fingerprint density at radius 3 is 2.15 bits per heavy atom. The number of nitrogens with two attached hydrogens (primary N) is 2. The predicted octanol–water partition coefficient (Wildman–Crippen LogP) is -0.918. The first-order chi connectivity index (χ1) is 12.6. The molecule has 0 spiro atoms. The normalized spacial score (nSPS) is 16.3. The molecule has 9 nitrogen and oxygen atoms in total. The molecule has 0 aromatic heterocycles. The van der Waals surface area contributed by atoms with Crippen LogP contribution in [0.2, 0.25) is 0 Å². The molecule has 1 aliphatic heterocycles. The fraction of sp³-hybridized carbons (Fsp3) is 0.529. The zero-order chi connectivity index (χ0) is 20.2. The summed E-state index contributed by atoms with van der Waals surface area (Å²) in [5.41, 5.74) is 6.62. The summed E-state index contributed by atoms with van der Waals surface area (Å²) >= 11 is 0. The molecule has 5 N–H and O–H groups in total. The zero-order valence-corrected chi connectivity index (χ0v) is 16.4. The number of hydrogen-bond donors (Lipinski definition) is 3. The first-order valence-corrected chi connectivity index (χ1v) is 10.3. The van der Waals surface area contributed by atoms with Crippen molar-refractivity contribution in [2.24, 2.45) is 16.8 Å². The SMILES string of the molecule is CC(C)[C@H](N)C(=O)NCC(=O)N1CCN(c2ccc(S(N)(=O)=O)cc2)CC1. The molecule has 2 amide bonds. The van der Waals surface area contributed by atoms with E-state index in [1.807, 2.05) is 13.8 Å². The molecule has 1 aromatic carbocycles. The Hall–Kier alpha value is -2.17. The number of carbonyl (C=O) groups is 2. The third-order valence-electron chi connectivity index (χ3n) is 4.60. The molecule has 0 aliphatic carbocycles. The Balaban J connectivity index is 1.84. The van der Waals surface area contributed by atoms with Crippen molar-refractivity contribution in [3.05, 3.63) is 24.3 Å². The van der Waals surface area contributed by atoms with Gasteiger partial charge in [0, 0.05) is 31.9 Å². The van der Waals surface area contributed by atoms with Gasteiger partial charge in [-0.15, -0.1) is 0 Å². The predicted molar refractivity (Wildman–Crippen MR) is 102 cm³/mol. The quantitative estimate of drug-likeness (QED) is 0.567. The van der Waals surface area contributed by atoms with E-state index in [-0.39, 0.29) is 29.2 Å². The Kier molecular flexibility index (Phi) is 6.79. The Morgan fingerprint density at radius 1 is 1.11 bits per heavy atom. The van der Waals surface area contributed by atoms with Gasteiger partial charge in [0.15, 0.2) is 0 Å². The number of amides is 2. The van der Waals surface area contributed by atoms with Crippen molar-refractivity contribution in [1.29, 1.82) is 0 Å². The van der Waals surface area contributed by atoms with E-state index in [1.54, 1.807) is 17.0 Å². The summed E-state index contributed by atoms with van der Waals surface area (Å²) in [5, 5.41) is 7.68. The minimum Gasteiger partial charge on any atom is -0.368 e. The first kappa shape index (κ1) is 21.1. The van der Waals surface area contributed by atoms with Gasteiger partial charge in [0.2, 0.25) is 21.8 Å². The lowest BCUT2D eigenvalue weighted by Crippen LogP contribution is -2.52. The smallest absolute Gasteiger partial charge is 0.242 e. The van der Waals surface area contributed by atoms with Gasteiger partial charge in [-0.3, -0.25) is 9.59 Å². The van der Waals surface area contributed by atoms with Crippen LogP contribution >= 0.6 is 0 Å². The highest BCUT2D eigenvalue weighted by atomic mass is 32.2. The Morgan fingerprint density at radius 2 is 1.67 bits per heavy atom. The van der Waals surface area contributed by atoms with Crippen molar-refractivity contribution in [3.8, 4) is 0 Å². The lowest BCUT2D eigenvalue weighted by Gasteiger charge is -2.36. The van der Waals surface area contributed by atoms with Crippen LogP contribution < -0.4 is 21.1 Å². The van der Waals surface area contributed by atoms with Crippen LogP contribution in [0.25, 0.3) is 0 Å². The topological polar surface area (TPSA) is 139 Å². The van der Waals surface area contributed by atoms with Crippen molar-refractivity contribution in [2.75, 3.05) is 37.6 Å².